The number of hydrogen-bond acceptors (Lipinski definition) is 5. The fourth-order valence-corrected chi connectivity index (χ4v) is 2.96. The van der Waals surface area contributed by atoms with Gasteiger partial charge in [0.1, 0.15) is 12.4 Å². The fraction of sp³-hybridized carbons (Fsp3) is 0.471. The van der Waals surface area contributed by atoms with E-state index < -0.39 is 0 Å². The van der Waals surface area contributed by atoms with E-state index in [1.54, 1.807) is 12.0 Å². The lowest BCUT2D eigenvalue weighted by Gasteiger charge is -2.33. The third-order valence-electron chi connectivity index (χ3n) is 4.30. The first-order valence-corrected chi connectivity index (χ1v) is 8.00. The molecule has 1 aromatic heterocycles. The molecule has 1 aliphatic heterocycles. The number of amides is 1. The first-order chi connectivity index (χ1) is 11.6. The van der Waals surface area contributed by atoms with Gasteiger partial charge in [0.25, 0.3) is 5.91 Å². The fourth-order valence-electron chi connectivity index (χ4n) is 2.96. The molecule has 1 aliphatic rings. The van der Waals surface area contributed by atoms with E-state index in [9.17, 15) is 4.79 Å². The summed E-state index contributed by atoms with van der Waals surface area (Å²) in [5, 5.41) is 8.38. The lowest BCUT2D eigenvalue weighted by atomic mass is 10.2. The highest BCUT2D eigenvalue weighted by atomic mass is 16.5. The molecule has 0 spiro atoms. The Bertz CT molecular complexity index is 728. The van der Waals surface area contributed by atoms with Crippen LogP contribution in [0.3, 0.4) is 0 Å². The first kappa shape index (κ1) is 16.4. The van der Waals surface area contributed by atoms with E-state index in [4.69, 9.17) is 9.47 Å². The maximum Gasteiger partial charge on any atom is 0.261 e. The van der Waals surface area contributed by atoms with Gasteiger partial charge in [-0.25, -0.2) is 0 Å². The Morgan fingerprint density at radius 2 is 2.08 bits per heavy atom. The summed E-state index contributed by atoms with van der Waals surface area (Å²) >= 11 is 0. The number of ether oxygens (including phenoxy) is 2. The Hall–Kier alpha value is -2.41. The van der Waals surface area contributed by atoms with Crippen molar-refractivity contribution in [2.45, 2.75) is 33.0 Å². The van der Waals surface area contributed by atoms with E-state index in [-0.39, 0.29) is 18.6 Å². The van der Waals surface area contributed by atoms with Gasteiger partial charge in [0.15, 0.2) is 18.3 Å². The van der Waals surface area contributed by atoms with Crippen LogP contribution in [0.2, 0.25) is 0 Å². The molecule has 0 N–H and O–H groups in total. The highest BCUT2D eigenvalue weighted by Crippen LogP contribution is 2.25. The third kappa shape index (κ3) is 3.12. The van der Waals surface area contributed by atoms with Gasteiger partial charge in [-0.3, -0.25) is 4.79 Å². The molecule has 7 nitrogen and oxygen atoms in total. The number of carbonyl (C=O) groups excluding carboxylic acids is 1. The van der Waals surface area contributed by atoms with Crippen molar-refractivity contribution in [1.82, 2.24) is 19.7 Å². The van der Waals surface area contributed by atoms with E-state index in [1.165, 1.54) is 0 Å². The predicted octanol–water partition coefficient (Wildman–Crippen LogP) is 1.72. The Balaban J connectivity index is 1.67. The molecule has 2 heterocycles. The standard InChI is InChI=1S/C17H22N4O3/c1-12-6-4-5-7-14(12)24-11-16(22)20-8-9-21-15(10-23-3)18-19-17(21)13(20)2/h4-7,13H,8-11H2,1-3H3/t13-/m1/s1. The summed E-state index contributed by atoms with van der Waals surface area (Å²) in [7, 11) is 1.63. The van der Waals surface area contributed by atoms with Gasteiger partial charge in [-0.05, 0) is 25.5 Å². The quantitative estimate of drug-likeness (QED) is 0.835. The second kappa shape index (κ2) is 7.00. The molecule has 24 heavy (non-hydrogen) atoms. The monoisotopic (exact) mass is 330 g/mol. The lowest BCUT2D eigenvalue weighted by Crippen LogP contribution is -2.43. The molecule has 0 unspecified atom stereocenters. The second-order valence-corrected chi connectivity index (χ2v) is 5.88. The zero-order valence-electron chi connectivity index (χ0n) is 14.2. The average molecular weight is 330 g/mol. The third-order valence-corrected chi connectivity index (χ3v) is 4.30. The summed E-state index contributed by atoms with van der Waals surface area (Å²) < 4.78 is 12.8. The molecule has 1 amide bonds. The summed E-state index contributed by atoms with van der Waals surface area (Å²) in [5.41, 5.74) is 1.01. The summed E-state index contributed by atoms with van der Waals surface area (Å²) in [6.45, 7) is 5.64. The van der Waals surface area contributed by atoms with Gasteiger partial charge in [0, 0.05) is 20.2 Å². The molecule has 0 aliphatic carbocycles. The van der Waals surface area contributed by atoms with Gasteiger partial charge >= 0.3 is 0 Å². The molecular weight excluding hydrogens is 308 g/mol. The second-order valence-electron chi connectivity index (χ2n) is 5.88. The van der Waals surface area contributed by atoms with E-state index >= 15 is 0 Å². The summed E-state index contributed by atoms with van der Waals surface area (Å²) in [4.78, 5) is 14.3. The molecule has 0 fully saturated rings. The summed E-state index contributed by atoms with van der Waals surface area (Å²) in [6, 6.07) is 7.54. The zero-order valence-corrected chi connectivity index (χ0v) is 14.2. The molecule has 1 atom stereocenters. The molecule has 0 radical (unpaired) electrons. The van der Waals surface area contributed by atoms with Gasteiger partial charge in [0.2, 0.25) is 0 Å². The van der Waals surface area contributed by atoms with Crippen molar-refractivity contribution in [1.29, 1.82) is 0 Å². The highest BCUT2D eigenvalue weighted by molar-refractivity contribution is 5.78. The smallest absolute Gasteiger partial charge is 0.261 e. The van der Waals surface area contributed by atoms with Gasteiger partial charge in [-0.2, -0.15) is 0 Å². The number of aromatic nitrogens is 3. The minimum Gasteiger partial charge on any atom is -0.484 e. The molecule has 2 aromatic rings. The van der Waals surface area contributed by atoms with Crippen LogP contribution in [0.25, 0.3) is 0 Å². The number of hydrogen-bond donors (Lipinski definition) is 0. The zero-order chi connectivity index (χ0) is 17.1. The first-order valence-electron chi connectivity index (χ1n) is 8.00. The van der Waals surface area contributed by atoms with Crippen molar-refractivity contribution in [3.63, 3.8) is 0 Å². The molecule has 3 rings (SSSR count). The Labute approximate surface area is 141 Å². The van der Waals surface area contributed by atoms with Crippen molar-refractivity contribution in [3.05, 3.63) is 41.5 Å². The molecule has 0 bridgehead atoms. The topological polar surface area (TPSA) is 69.5 Å². The number of para-hydroxylation sites is 1. The van der Waals surface area contributed by atoms with Crippen LogP contribution in [0.5, 0.6) is 5.75 Å². The Morgan fingerprint density at radius 3 is 2.83 bits per heavy atom. The normalized spacial score (nSPS) is 16.8. The number of rotatable bonds is 5. The van der Waals surface area contributed by atoms with E-state index in [0.717, 1.165) is 23.0 Å². The minimum absolute atomic E-state index is 0.0221. The average Bonchev–Trinajstić information content (AvgIpc) is 2.98. The number of nitrogens with zero attached hydrogens (tertiary/aromatic N) is 4. The minimum atomic E-state index is -0.134. The lowest BCUT2D eigenvalue weighted by molar-refractivity contribution is -0.136. The van der Waals surface area contributed by atoms with Crippen LogP contribution in [0, 0.1) is 6.92 Å². The maximum absolute atomic E-state index is 12.6. The maximum atomic E-state index is 12.6. The molecule has 1 aromatic carbocycles. The van der Waals surface area contributed by atoms with Gasteiger partial charge in [0.05, 0.1) is 6.04 Å². The van der Waals surface area contributed by atoms with Crippen LogP contribution in [0.4, 0.5) is 0 Å². The molecule has 128 valence electrons. The summed E-state index contributed by atoms with van der Waals surface area (Å²) in [5.74, 6) is 2.27. The van der Waals surface area contributed by atoms with Crippen LogP contribution >= 0.6 is 0 Å². The summed E-state index contributed by atoms with van der Waals surface area (Å²) in [6.07, 6.45) is 0. The Morgan fingerprint density at radius 1 is 1.29 bits per heavy atom. The molecular formula is C17H22N4O3. The number of aryl methyl sites for hydroxylation is 1. The van der Waals surface area contributed by atoms with Crippen LogP contribution in [-0.4, -0.2) is 45.8 Å². The number of methoxy groups -OCH3 is 1. The van der Waals surface area contributed by atoms with Gasteiger partial charge < -0.3 is 18.9 Å². The van der Waals surface area contributed by atoms with Crippen molar-refractivity contribution in [2.24, 2.45) is 0 Å². The largest absolute Gasteiger partial charge is 0.484 e. The van der Waals surface area contributed by atoms with E-state index in [0.29, 0.717) is 19.7 Å². The molecule has 0 saturated heterocycles. The van der Waals surface area contributed by atoms with Crippen molar-refractivity contribution in [3.8, 4) is 5.75 Å². The van der Waals surface area contributed by atoms with Crippen molar-refractivity contribution < 1.29 is 14.3 Å². The van der Waals surface area contributed by atoms with E-state index in [2.05, 4.69) is 10.2 Å². The van der Waals surface area contributed by atoms with Gasteiger partial charge in [-0.15, -0.1) is 10.2 Å². The van der Waals surface area contributed by atoms with Crippen LogP contribution in [0.15, 0.2) is 24.3 Å². The van der Waals surface area contributed by atoms with Crippen LogP contribution in [0.1, 0.15) is 30.2 Å². The predicted molar refractivity (Wildman–Crippen MR) is 87.5 cm³/mol. The van der Waals surface area contributed by atoms with Crippen LogP contribution in [-0.2, 0) is 22.7 Å². The van der Waals surface area contributed by atoms with Crippen LogP contribution < -0.4 is 4.74 Å². The molecule has 7 heteroatoms. The number of carbonyl (C=O) groups is 1. The number of fused-ring (bicyclic) bond motifs is 1. The van der Waals surface area contributed by atoms with E-state index in [1.807, 2.05) is 42.7 Å². The SMILES string of the molecule is COCc1nnc2n1CCN(C(=O)COc1ccccc1C)[C@@H]2C. The van der Waals surface area contributed by atoms with Crippen molar-refractivity contribution >= 4 is 5.91 Å². The molecule has 0 saturated carbocycles. The highest BCUT2D eigenvalue weighted by Gasteiger charge is 2.31. The Kier molecular flexibility index (Phi) is 4.80. The number of benzene rings is 1. The van der Waals surface area contributed by atoms with Crippen molar-refractivity contribution in [2.75, 3.05) is 20.3 Å². The van der Waals surface area contributed by atoms with Gasteiger partial charge in [-0.1, -0.05) is 18.2 Å².